The fraction of sp³-hybridized carbons (Fsp3) is 0.125. The zero-order valence-electron chi connectivity index (χ0n) is 7.36. The van der Waals surface area contributed by atoms with Crippen LogP contribution in [0.25, 0.3) is 0 Å². The molecule has 7 heteroatoms. The molecule has 0 atom stereocenters. The summed E-state index contributed by atoms with van der Waals surface area (Å²) in [7, 11) is 1.31. The first-order valence-corrected chi connectivity index (χ1v) is 5.29. The fourth-order valence-corrected chi connectivity index (χ4v) is 1.65. The Hall–Kier alpha value is 0.140. The molecule has 0 amide bonds. The Labute approximate surface area is 112 Å². The lowest BCUT2D eigenvalue weighted by Crippen LogP contribution is -1.75. The van der Waals surface area contributed by atoms with E-state index >= 15 is 0 Å². The molecule has 0 saturated heterocycles. The standard InChI is InChI=1S/C6HCl5.C2H4O2/c7-2-1-3(8)5(10)6(11)4(2)9;1-4-2-3/h1H;2H,1H3. The van der Waals surface area contributed by atoms with Crippen molar-refractivity contribution in [2.24, 2.45) is 0 Å². The van der Waals surface area contributed by atoms with E-state index < -0.39 is 0 Å². The van der Waals surface area contributed by atoms with E-state index in [1.165, 1.54) is 13.2 Å². The fourth-order valence-electron chi connectivity index (χ4n) is 0.544. The van der Waals surface area contributed by atoms with Gasteiger partial charge < -0.3 is 4.74 Å². The molecule has 1 rings (SSSR count). The Morgan fingerprint density at radius 3 is 1.60 bits per heavy atom. The quantitative estimate of drug-likeness (QED) is 0.425. The van der Waals surface area contributed by atoms with Crippen LogP contribution in [0.3, 0.4) is 0 Å². The van der Waals surface area contributed by atoms with Gasteiger partial charge in [0.25, 0.3) is 6.47 Å². The normalized spacial score (nSPS) is 8.93. The van der Waals surface area contributed by atoms with Crippen molar-refractivity contribution >= 4 is 64.5 Å². The van der Waals surface area contributed by atoms with E-state index in [1.807, 2.05) is 0 Å². The van der Waals surface area contributed by atoms with Crippen molar-refractivity contribution in [1.29, 1.82) is 0 Å². The first kappa shape index (κ1) is 15.1. The van der Waals surface area contributed by atoms with Gasteiger partial charge in [-0.2, -0.15) is 0 Å². The van der Waals surface area contributed by atoms with Crippen LogP contribution in [0.4, 0.5) is 0 Å². The molecule has 0 saturated carbocycles. The van der Waals surface area contributed by atoms with Gasteiger partial charge in [-0.25, -0.2) is 0 Å². The van der Waals surface area contributed by atoms with Crippen molar-refractivity contribution in [2.45, 2.75) is 0 Å². The van der Waals surface area contributed by atoms with Crippen molar-refractivity contribution in [3.63, 3.8) is 0 Å². The van der Waals surface area contributed by atoms with Gasteiger partial charge in [-0.15, -0.1) is 0 Å². The largest absolute Gasteiger partial charge is 0.471 e. The molecule has 1 aromatic rings. The minimum absolute atomic E-state index is 0.186. The molecule has 0 fully saturated rings. The van der Waals surface area contributed by atoms with Gasteiger partial charge in [0.15, 0.2) is 0 Å². The summed E-state index contributed by atoms with van der Waals surface area (Å²) in [4.78, 5) is 8.95. The summed E-state index contributed by atoms with van der Waals surface area (Å²) in [5.74, 6) is 0. The van der Waals surface area contributed by atoms with Gasteiger partial charge in [0, 0.05) is 0 Å². The molecule has 0 heterocycles. The lowest BCUT2D eigenvalue weighted by molar-refractivity contribution is -0.126. The van der Waals surface area contributed by atoms with Crippen LogP contribution in [0.5, 0.6) is 0 Å². The molecular formula is C8H5Cl5O2. The average molecular weight is 310 g/mol. The highest BCUT2D eigenvalue weighted by atomic mass is 35.5. The smallest absolute Gasteiger partial charge is 0.292 e. The van der Waals surface area contributed by atoms with Crippen LogP contribution in [0.2, 0.25) is 25.1 Å². The van der Waals surface area contributed by atoms with Crippen molar-refractivity contribution in [2.75, 3.05) is 7.11 Å². The molecule has 84 valence electrons. The van der Waals surface area contributed by atoms with Gasteiger partial charge in [-0.1, -0.05) is 58.0 Å². The van der Waals surface area contributed by atoms with Crippen LogP contribution in [0.1, 0.15) is 0 Å². The molecule has 0 bridgehead atoms. The number of ether oxygens (including phenoxy) is 1. The van der Waals surface area contributed by atoms with Crippen LogP contribution in [0.15, 0.2) is 6.07 Å². The molecule has 0 unspecified atom stereocenters. The highest BCUT2D eigenvalue weighted by Gasteiger charge is 2.10. The number of carbonyl (C=O) groups excluding carboxylic acids is 1. The molecule has 0 spiro atoms. The number of carbonyl (C=O) groups is 1. The average Bonchev–Trinajstić information content (AvgIpc) is 2.24. The molecule has 0 aromatic heterocycles. The number of benzene rings is 1. The third-order valence-corrected chi connectivity index (χ3v) is 3.30. The van der Waals surface area contributed by atoms with Gasteiger partial charge in [-0.3, -0.25) is 4.79 Å². The zero-order chi connectivity index (χ0) is 12.0. The molecule has 1 aromatic carbocycles. The van der Waals surface area contributed by atoms with Gasteiger partial charge >= 0.3 is 0 Å². The maximum Gasteiger partial charge on any atom is 0.292 e. The Bertz CT molecular complexity index is 327. The summed E-state index contributed by atoms with van der Waals surface area (Å²) < 4.78 is 3.86. The molecular weight excluding hydrogens is 305 g/mol. The Balaban J connectivity index is 0.000000423. The number of hydrogen-bond acceptors (Lipinski definition) is 2. The van der Waals surface area contributed by atoms with E-state index in [9.17, 15) is 0 Å². The van der Waals surface area contributed by atoms with E-state index in [-0.39, 0.29) is 15.1 Å². The summed E-state index contributed by atoms with van der Waals surface area (Å²) in [6, 6.07) is 1.44. The monoisotopic (exact) mass is 308 g/mol. The highest BCUT2D eigenvalue weighted by molar-refractivity contribution is 6.54. The first-order valence-electron chi connectivity index (χ1n) is 3.40. The van der Waals surface area contributed by atoms with Gasteiger partial charge in [0.2, 0.25) is 0 Å². The predicted octanol–water partition coefficient (Wildman–Crippen LogP) is 4.74. The van der Waals surface area contributed by atoms with Crippen LogP contribution in [-0.2, 0) is 9.53 Å². The first-order chi connectivity index (χ1) is 6.95. The van der Waals surface area contributed by atoms with E-state index in [0.29, 0.717) is 16.5 Å². The summed E-state index contributed by atoms with van der Waals surface area (Å²) in [5.41, 5.74) is 0. The topological polar surface area (TPSA) is 26.3 Å². The van der Waals surface area contributed by atoms with E-state index in [1.54, 1.807) is 0 Å². The molecule has 0 N–H and O–H groups in total. The predicted molar refractivity (Wildman–Crippen MR) is 64.6 cm³/mol. The minimum atomic E-state index is 0.186. The maximum absolute atomic E-state index is 8.95. The van der Waals surface area contributed by atoms with Crippen LogP contribution < -0.4 is 0 Å². The number of halogens is 5. The third-order valence-electron chi connectivity index (χ3n) is 1.15. The molecule has 2 nitrogen and oxygen atoms in total. The van der Waals surface area contributed by atoms with Gasteiger partial charge in [-0.05, 0) is 6.07 Å². The molecule has 15 heavy (non-hydrogen) atoms. The van der Waals surface area contributed by atoms with Crippen molar-refractivity contribution in [1.82, 2.24) is 0 Å². The highest BCUT2D eigenvalue weighted by Crippen LogP contribution is 2.40. The minimum Gasteiger partial charge on any atom is -0.471 e. The summed E-state index contributed by atoms with van der Waals surface area (Å²) in [6.07, 6.45) is 0. The molecule has 0 aliphatic rings. The summed E-state index contributed by atoms with van der Waals surface area (Å²) in [6.45, 7) is 0.375. The Morgan fingerprint density at radius 2 is 1.33 bits per heavy atom. The second-order valence-corrected chi connectivity index (χ2v) is 4.06. The molecule has 0 aliphatic carbocycles. The second-order valence-electron chi connectivity index (χ2n) is 2.11. The Kier molecular flexibility index (Phi) is 7.49. The summed E-state index contributed by atoms with van der Waals surface area (Å²) in [5, 5.41) is 1.23. The van der Waals surface area contributed by atoms with Crippen molar-refractivity contribution < 1.29 is 9.53 Å². The molecule has 0 aliphatic heterocycles. The number of hydrogen-bond donors (Lipinski definition) is 0. The van der Waals surface area contributed by atoms with Crippen molar-refractivity contribution in [3.8, 4) is 0 Å². The maximum atomic E-state index is 8.95. The third kappa shape index (κ3) is 4.66. The lowest BCUT2D eigenvalue weighted by Gasteiger charge is -2.02. The zero-order valence-corrected chi connectivity index (χ0v) is 11.1. The van der Waals surface area contributed by atoms with Crippen LogP contribution in [-0.4, -0.2) is 13.6 Å². The second kappa shape index (κ2) is 7.42. The number of methoxy groups -OCH3 is 1. The van der Waals surface area contributed by atoms with Crippen molar-refractivity contribution in [3.05, 3.63) is 31.2 Å². The van der Waals surface area contributed by atoms with E-state index in [2.05, 4.69) is 4.74 Å². The van der Waals surface area contributed by atoms with E-state index in [0.717, 1.165) is 0 Å². The van der Waals surface area contributed by atoms with Crippen LogP contribution >= 0.6 is 58.0 Å². The van der Waals surface area contributed by atoms with E-state index in [4.69, 9.17) is 62.8 Å². The summed E-state index contributed by atoms with van der Waals surface area (Å²) >= 11 is 28.2. The SMILES string of the molecule is COC=O.Clc1cc(Cl)c(Cl)c(Cl)c1Cl. The Morgan fingerprint density at radius 1 is 1.00 bits per heavy atom. The van der Waals surface area contributed by atoms with Gasteiger partial charge in [0.1, 0.15) is 0 Å². The lowest BCUT2D eigenvalue weighted by atomic mass is 10.3. The van der Waals surface area contributed by atoms with Crippen LogP contribution in [0, 0.1) is 0 Å². The van der Waals surface area contributed by atoms with Gasteiger partial charge in [0.05, 0.1) is 32.2 Å². The number of rotatable bonds is 1. The molecule has 0 radical (unpaired) electrons.